The Bertz CT molecular complexity index is 2050. The molecule has 1 aromatic heterocycles. The molecule has 3 aliphatic heterocycles. The second-order valence-corrected chi connectivity index (χ2v) is 14.8. The van der Waals surface area contributed by atoms with Crippen molar-refractivity contribution in [3.8, 4) is 28.3 Å². The molecule has 0 saturated carbocycles. The van der Waals surface area contributed by atoms with Gasteiger partial charge in [0.15, 0.2) is 17.3 Å². The Kier molecular flexibility index (Phi) is 12.3. The van der Waals surface area contributed by atoms with Crippen molar-refractivity contribution < 1.29 is 28.9 Å². The van der Waals surface area contributed by atoms with Crippen LogP contribution in [0, 0.1) is 12.7 Å². The van der Waals surface area contributed by atoms with Crippen LogP contribution in [0.15, 0.2) is 53.5 Å². The van der Waals surface area contributed by atoms with E-state index in [0.29, 0.717) is 30.0 Å². The van der Waals surface area contributed by atoms with Gasteiger partial charge in [-0.05, 0) is 101 Å². The number of carbonyl (C=O) groups excluding carboxylic acids is 2. The largest absolute Gasteiger partial charge is 0.451 e. The molecule has 4 heterocycles. The molecule has 12 heteroatoms. The number of aryl methyl sites for hydroxylation is 1. The molecule has 0 bridgehead atoms. The molecular weight excluding hydrogens is 677 g/mol. The molecule has 1 unspecified atom stereocenters. The Balaban J connectivity index is 0.000000533. The van der Waals surface area contributed by atoms with Gasteiger partial charge in [0.05, 0.1) is 29.7 Å². The van der Waals surface area contributed by atoms with E-state index in [2.05, 4.69) is 31.1 Å². The van der Waals surface area contributed by atoms with Crippen molar-refractivity contribution in [2.24, 2.45) is 5.73 Å². The standard InChI is InChI=1S/C33H33FN4O6.C5H11N.C3H8/c1-17-6-4-5-7-20(17)21-12-25-26(10-18(21)16-39)44-31-28-22(30(41)23(32(35)42)15-38(25)28)11-24(34)29(31)37-9-8-19(14-37)36-27(40)13-33(2,3)43;1-6-4-2-3-5-6;1-3-2/h4-7,10-12,15,19,39,43H,8-9,13-14,16H2,1-3H3,(H2,35,42)(H,36,40);2-5H2,1H3;3H2,1-2H3. The molecular formula is C41H52FN5O6. The monoisotopic (exact) mass is 729 g/mol. The average Bonchev–Trinajstić information content (AvgIpc) is 3.76. The van der Waals surface area contributed by atoms with Crippen LogP contribution in [0.3, 0.4) is 0 Å². The number of nitrogens with one attached hydrogen (secondary N) is 1. The summed E-state index contributed by atoms with van der Waals surface area (Å²) in [6, 6.07) is 12.0. The fourth-order valence-corrected chi connectivity index (χ4v) is 7.05. The van der Waals surface area contributed by atoms with Crippen LogP contribution in [-0.2, 0) is 11.4 Å². The topological polar surface area (TPSA) is 150 Å². The molecule has 53 heavy (non-hydrogen) atoms. The maximum Gasteiger partial charge on any atom is 0.254 e. The van der Waals surface area contributed by atoms with Gasteiger partial charge in [-0.2, -0.15) is 0 Å². The van der Waals surface area contributed by atoms with Gasteiger partial charge in [0.1, 0.15) is 16.8 Å². The normalized spacial score (nSPS) is 16.2. The van der Waals surface area contributed by atoms with Crippen molar-refractivity contribution in [1.82, 2.24) is 14.8 Å². The van der Waals surface area contributed by atoms with Crippen LogP contribution in [-0.4, -0.2) is 76.4 Å². The Morgan fingerprint density at radius 1 is 1.08 bits per heavy atom. The lowest BCUT2D eigenvalue weighted by atomic mass is 9.94. The first kappa shape index (κ1) is 39.4. The minimum Gasteiger partial charge on any atom is -0.451 e. The first-order valence-electron chi connectivity index (χ1n) is 18.4. The second kappa shape index (κ2) is 16.5. The third-order valence-corrected chi connectivity index (χ3v) is 9.49. The van der Waals surface area contributed by atoms with E-state index in [1.54, 1.807) is 29.4 Å². The maximum atomic E-state index is 16.0. The summed E-state index contributed by atoms with van der Waals surface area (Å²) in [7, 11) is 2.17. The van der Waals surface area contributed by atoms with Gasteiger partial charge in [0, 0.05) is 25.3 Å². The highest BCUT2D eigenvalue weighted by atomic mass is 19.1. The molecule has 3 aromatic carbocycles. The Labute approximate surface area is 310 Å². The molecule has 2 saturated heterocycles. The first-order chi connectivity index (χ1) is 25.2. The highest BCUT2D eigenvalue weighted by Gasteiger charge is 2.34. The predicted octanol–water partition coefficient (Wildman–Crippen LogP) is 5.79. The van der Waals surface area contributed by atoms with E-state index in [-0.39, 0.29) is 59.4 Å². The second-order valence-electron chi connectivity index (χ2n) is 14.8. The van der Waals surface area contributed by atoms with E-state index in [0.717, 1.165) is 22.8 Å². The van der Waals surface area contributed by atoms with Gasteiger partial charge >= 0.3 is 0 Å². The van der Waals surface area contributed by atoms with Crippen molar-refractivity contribution in [2.75, 3.05) is 38.1 Å². The van der Waals surface area contributed by atoms with E-state index in [1.807, 2.05) is 37.3 Å². The fraction of sp³-hybridized carbons (Fsp3) is 0.439. The summed E-state index contributed by atoms with van der Waals surface area (Å²) in [6.45, 7) is 12.3. The fourth-order valence-electron chi connectivity index (χ4n) is 7.05. The smallest absolute Gasteiger partial charge is 0.254 e. The van der Waals surface area contributed by atoms with Crippen LogP contribution in [0.4, 0.5) is 10.1 Å². The SMILES string of the molecule is CCC.CN1CCCC1.Cc1ccccc1-c1cc2c(cc1CO)Oc1c(N3CCC(NC(=O)CC(C)(C)O)C3)c(F)cc3c(=O)c(C(N)=O)cn-2c13. The number of hydrogen-bond acceptors (Lipinski definition) is 8. The summed E-state index contributed by atoms with van der Waals surface area (Å²) in [5.41, 5.74) is 7.42. The van der Waals surface area contributed by atoms with Crippen LogP contribution in [0.25, 0.3) is 27.7 Å². The lowest BCUT2D eigenvalue weighted by Crippen LogP contribution is -2.40. The van der Waals surface area contributed by atoms with E-state index in [1.165, 1.54) is 38.5 Å². The molecule has 2 fully saturated rings. The molecule has 1 atom stereocenters. The quantitative estimate of drug-likeness (QED) is 0.165. The molecule has 0 radical (unpaired) electrons. The van der Waals surface area contributed by atoms with Crippen molar-refractivity contribution >= 4 is 28.4 Å². The number of nitrogens with two attached hydrogens (primary N) is 1. The maximum absolute atomic E-state index is 16.0. The van der Waals surface area contributed by atoms with E-state index < -0.39 is 22.8 Å². The minimum atomic E-state index is -1.17. The number of fused-ring (bicyclic) bond motifs is 2. The lowest BCUT2D eigenvalue weighted by Gasteiger charge is -2.30. The highest BCUT2D eigenvalue weighted by Crippen LogP contribution is 2.48. The van der Waals surface area contributed by atoms with Crippen LogP contribution in [0.5, 0.6) is 11.5 Å². The molecule has 2 amide bonds. The Morgan fingerprint density at radius 3 is 2.34 bits per heavy atom. The van der Waals surface area contributed by atoms with Gasteiger partial charge in [-0.3, -0.25) is 14.4 Å². The number of benzene rings is 3. The number of anilines is 1. The van der Waals surface area contributed by atoms with Crippen molar-refractivity contribution in [2.45, 2.75) is 85.0 Å². The molecule has 5 N–H and O–H groups in total. The summed E-state index contributed by atoms with van der Waals surface area (Å²) in [4.78, 5) is 42.3. The van der Waals surface area contributed by atoms with E-state index >= 15 is 4.39 Å². The number of carbonyl (C=O) groups is 2. The van der Waals surface area contributed by atoms with Gasteiger partial charge in [0.25, 0.3) is 5.91 Å². The molecule has 284 valence electrons. The number of aromatic nitrogens is 1. The highest BCUT2D eigenvalue weighted by molar-refractivity contribution is 6.01. The van der Waals surface area contributed by atoms with Gasteiger partial charge in [0.2, 0.25) is 11.3 Å². The number of ether oxygens (including phenoxy) is 1. The third kappa shape index (κ3) is 8.72. The van der Waals surface area contributed by atoms with Gasteiger partial charge in [-0.15, -0.1) is 0 Å². The summed E-state index contributed by atoms with van der Waals surface area (Å²) in [5, 5.41) is 23.2. The molecule has 3 aliphatic rings. The van der Waals surface area contributed by atoms with Crippen molar-refractivity contribution in [1.29, 1.82) is 0 Å². The van der Waals surface area contributed by atoms with E-state index in [4.69, 9.17) is 10.5 Å². The van der Waals surface area contributed by atoms with E-state index in [9.17, 15) is 24.6 Å². The van der Waals surface area contributed by atoms with Gasteiger partial charge < -0.3 is 40.4 Å². The third-order valence-electron chi connectivity index (χ3n) is 9.49. The minimum absolute atomic E-state index is 0.0684. The number of hydrogen-bond donors (Lipinski definition) is 4. The summed E-state index contributed by atoms with van der Waals surface area (Å²) >= 11 is 0. The number of likely N-dealkylation sites (tertiary alicyclic amines) is 1. The predicted molar refractivity (Wildman–Crippen MR) is 207 cm³/mol. The number of amides is 2. The molecule has 4 aromatic rings. The zero-order valence-electron chi connectivity index (χ0n) is 31.6. The summed E-state index contributed by atoms with van der Waals surface area (Å²) in [6.07, 6.45) is 5.87. The Hall–Kier alpha value is -4.78. The molecule has 0 aliphatic carbocycles. The van der Waals surface area contributed by atoms with Crippen LogP contribution < -0.4 is 26.1 Å². The molecule has 7 rings (SSSR count). The molecule has 11 nitrogen and oxygen atoms in total. The van der Waals surface area contributed by atoms with Crippen molar-refractivity contribution in [3.05, 3.63) is 81.4 Å². The zero-order valence-corrected chi connectivity index (χ0v) is 31.6. The van der Waals surface area contributed by atoms with Gasteiger partial charge in [-0.25, -0.2) is 4.39 Å². The number of aliphatic hydroxyl groups excluding tert-OH is 1. The Morgan fingerprint density at radius 2 is 1.75 bits per heavy atom. The van der Waals surface area contributed by atoms with Crippen LogP contribution in [0.2, 0.25) is 0 Å². The zero-order chi connectivity index (χ0) is 38.6. The van der Waals surface area contributed by atoms with Crippen LogP contribution >= 0.6 is 0 Å². The van der Waals surface area contributed by atoms with Crippen LogP contribution in [0.1, 0.15) is 81.3 Å². The summed E-state index contributed by atoms with van der Waals surface area (Å²) < 4.78 is 24.0. The van der Waals surface area contributed by atoms with Crippen molar-refractivity contribution in [3.63, 3.8) is 0 Å². The number of rotatable bonds is 7. The number of pyridine rings is 1. The first-order valence-corrected chi connectivity index (χ1v) is 18.4. The average molecular weight is 730 g/mol. The number of halogens is 1. The number of nitrogens with zero attached hydrogens (tertiary/aromatic N) is 3. The number of primary amides is 1. The lowest BCUT2D eigenvalue weighted by molar-refractivity contribution is -0.125. The van der Waals surface area contributed by atoms with Gasteiger partial charge in [-0.1, -0.05) is 44.5 Å². The number of aliphatic hydroxyl groups is 2. The molecule has 0 spiro atoms. The summed E-state index contributed by atoms with van der Waals surface area (Å²) in [5.74, 6) is -1.63.